The van der Waals surface area contributed by atoms with E-state index in [0.29, 0.717) is 18.0 Å². The molecule has 4 nitrogen and oxygen atoms in total. The molecule has 1 aliphatic heterocycles. The van der Waals surface area contributed by atoms with E-state index in [0.717, 1.165) is 19.3 Å². The van der Waals surface area contributed by atoms with Crippen LogP contribution in [0.3, 0.4) is 0 Å². The Morgan fingerprint density at radius 3 is 2.42 bits per heavy atom. The first kappa shape index (κ1) is 16.4. The topological polar surface area (TPSA) is 63.4 Å². The highest BCUT2D eigenvalue weighted by atomic mass is 35.5. The zero-order chi connectivity index (χ0) is 13.2. The highest BCUT2D eigenvalue weighted by Gasteiger charge is 2.30. The minimum absolute atomic E-state index is 0. The van der Waals surface area contributed by atoms with Crippen molar-refractivity contribution >= 4 is 22.4 Å². The predicted octanol–water partition coefficient (Wildman–Crippen LogP) is 1.78. The van der Waals surface area contributed by atoms with Gasteiger partial charge in [0, 0.05) is 19.1 Å². The van der Waals surface area contributed by atoms with Crippen molar-refractivity contribution in [3.05, 3.63) is 29.8 Å². The average Bonchev–Trinajstić information content (AvgIpc) is 2.78. The van der Waals surface area contributed by atoms with Gasteiger partial charge >= 0.3 is 0 Å². The van der Waals surface area contributed by atoms with Crippen molar-refractivity contribution in [2.75, 3.05) is 13.1 Å². The number of aryl methyl sites for hydroxylation is 1. The number of nitrogens with two attached hydrogens (primary N) is 1. The molecule has 0 aliphatic carbocycles. The summed E-state index contributed by atoms with van der Waals surface area (Å²) in [5, 5.41) is 0. The number of sulfonamides is 1. The predicted molar refractivity (Wildman–Crippen MR) is 79.0 cm³/mol. The summed E-state index contributed by atoms with van der Waals surface area (Å²) in [5.74, 6) is 0. The van der Waals surface area contributed by atoms with Crippen molar-refractivity contribution in [3.63, 3.8) is 0 Å². The van der Waals surface area contributed by atoms with Crippen LogP contribution in [0.25, 0.3) is 0 Å². The summed E-state index contributed by atoms with van der Waals surface area (Å²) < 4.78 is 26.1. The zero-order valence-electron chi connectivity index (χ0n) is 11.1. The van der Waals surface area contributed by atoms with Crippen LogP contribution in [0.1, 0.15) is 25.3 Å². The number of rotatable bonds is 4. The first-order valence-corrected chi connectivity index (χ1v) is 7.82. The van der Waals surface area contributed by atoms with Gasteiger partial charge in [-0.15, -0.1) is 12.4 Å². The van der Waals surface area contributed by atoms with E-state index >= 15 is 0 Å². The number of halogens is 1. The molecule has 1 fully saturated rings. The molecular formula is C13H21ClN2O2S. The number of benzene rings is 1. The number of hydrogen-bond acceptors (Lipinski definition) is 3. The molecule has 0 bridgehead atoms. The van der Waals surface area contributed by atoms with Crippen molar-refractivity contribution in [3.8, 4) is 0 Å². The van der Waals surface area contributed by atoms with Crippen LogP contribution < -0.4 is 5.73 Å². The molecular weight excluding hydrogens is 284 g/mol. The lowest BCUT2D eigenvalue weighted by Crippen LogP contribution is -2.31. The van der Waals surface area contributed by atoms with Gasteiger partial charge in [-0.2, -0.15) is 4.31 Å². The lowest BCUT2D eigenvalue weighted by Gasteiger charge is -2.16. The van der Waals surface area contributed by atoms with Gasteiger partial charge in [0.15, 0.2) is 0 Å². The van der Waals surface area contributed by atoms with Crippen molar-refractivity contribution in [1.29, 1.82) is 0 Å². The molecule has 1 aromatic carbocycles. The van der Waals surface area contributed by atoms with Gasteiger partial charge in [0.1, 0.15) is 0 Å². The van der Waals surface area contributed by atoms with E-state index in [1.54, 1.807) is 12.1 Å². The van der Waals surface area contributed by atoms with Crippen LogP contribution >= 0.6 is 12.4 Å². The molecule has 1 aliphatic rings. The standard InChI is InChI=1S/C13H20N2O2S.ClH/c1-2-3-11-4-6-13(7-5-11)18(16,17)15-9-8-12(14)10-15;/h4-7,12H,2-3,8-10,14H2,1H3;1H/t12-;/m1./s1. The maximum atomic E-state index is 12.3. The Hall–Kier alpha value is -0.620. The molecule has 6 heteroatoms. The van der Waals surface area contributed by atoms with Gasteiger partial charge in [0.05, 0.1) is 4.90 Å². The zero-order valence-corrected chi connectivity index (χ0v) is 12.7. The maximum absolute atomic E-state index is 12.3. The van der Waals surface area contributed by atoms with Crippen molar-refractivity contribution in [2.24, 2.45) is 5.73 Å². The lowest BCUT2D eigenvalue weighted by atomic mass is 10.1. The lowest BCUT2D eigenvalue weighted by molar-refractivity contribution is 0.472. The third kappa shape index (κ3) is 3.69. The van der Waals surface area contributed by atoms with Crippen molar-refractivity contribution in [1.82, 2.24) is 4.31 Å². The Balaban J connectivity index is 0.00000180. The molecule has 0 aromatic heterocycles. The van der Waals surface area contributed by atoms with E-state index in [9.17, 15) is 8.42 Å². The van der Waals surface area contributed by atoms with Crippen LogP contribution in [0.15, 0.2) is 29.2 Å². The summed E-state index contributed by atoms with van der Waals surface area (Å²) in [6, 6.07) is 7.16. The van der Waals surface area contributed by atoms with Gasteiger partial charge in [-0.3, -0.25) is 0 Å². The average molecular weight is 305 g/mol. The Morgan fingerprint density at radius 2 is 1.95 bits per heavy atom. The molecule has 2 rings (SSSR count). The largest absolute Gasteiger partial charge is 0.326 e. The van der Waals surface area contributed by atoms with E-state index in [-0.39, 0.29) is 18.4 Å². The summed E-state index contributed by atoms with van der Waals surface area (Å²) in [6.45, 7) is 3.07. The highest BCUT2D eigenvalue weighted by Crippen LogP contribution is 2.21. The molecule has 1 heterocycles. The van der Waals surface area contributed by atoms with Crippen LogP contribution in [-0.2, 0) is 16.4 Å². The van der Waals surface area contributed by atoms with Gasteiger partial charge < -0.3 is 5.73 Å². The van der Waals surface area contributed by atoms with E-state index < -0.39 is 10.0 Å². The Morgan fingerprint density at radius 1 is 1.32 bits per heavy atom. The molecule has 0 radical (unpaired) electrons. The van der Waals surface area contributed by atoms with E-state index in [1.807, 2.05) is 12.1 Å². The second-order valence-electron chi connectivity index (χ2n) is 4.81. The van der Waals surface area contributed by atoms with Crippen LogP contribution in [0.5, 0.6) is 0 Å². The smallest absolute Gasteiger partial charge is 0.243 e. The second kappa shape index (κ2) is 6.70. The highest BCUT2D eigenvalue weighted by molar-refractivity contribution is 7.89. The first-order chi connectivity index (χ1) is 8.54. The Bertz CT molecular complexity index is 502. The summed E-state index contributed by atoms with van der Waals surface area (Å²) in [4.78, 5) is 0.372. The summed E-state index contributed by atoms with van der Waals surface area (Å²) in [7, 11) is -3.35. The molecule has 2 N–H and O–H groups in total. The van der Waals surface area contributed by atoms with Crippen LogP contribution in [-0.4, -0.2) is 31.9 Å². The molecule has 19 heavy (non-hydrogen) atoms. The fraction of sp³-hybridized carbons (Fsp3) is 0.538. The third-order valence-corrected chi connectivity index (χ3v) is 5.17. The van der Waals surface area contributed by atoms with Crippen LogP contribution in [0.2, 0.25) is 0 Å². The molecule has 1 aromatic rings. The summed E-state index contributed by atoms with van der Waals surface area (Å²) >= 11 is 0. The molecule has 1 saturated heterocycles. The van der Waals surface area contributed by atoms with E-state index in [4.69, 9.17) is 5.73 Å². The molecule has 108 valence electrons. The Labute approximate surface area is 121 Å². The fourth-order valence-electron chi connectivity index (χ4n) is 2.24. The normalized spacial score (nSPS) is 20.2. The minimum Gasteiger partial charge on any atom is -0.326 e. The van der Waals surface area contributed by atoms with E-state index in [1.165, 1.54) is 9.87 Å². The van der Waals surface area contributed by atoms with Gasteiger partial charge in [-0.1, -0.05) is 25.5 Å². The minimum atomic E-state index is -3.35. The molecule has 0 unspecified atom stereocenters. The Kier molecular flexibility index (Phi) is 5.80. The van der Waals surface area contributed by atoms with Crippen LogP contribution in [0.4, 0.5) is 0 Å². The van der Waals surface area contributed by atoms with E-state index in [2.05, 4.69) is 6.92 Å². The van der Waals surface area contributed by atoms with Crippen LogP contribution in [0, 0.1) is 0 Å². The number of nitrogens with zero attached hydrogens (tertiary/aromatic N) is 1. The quantitative estimate of drug-likeness (QED) is 0.922. The monoisotopic (exact) mass is 304 g/mol. The second-order valence-corrected chi connectivity index (χ2v) is 6.74. The first-order valence-electron chi connectivity index (χ1n) is 6.38. The van der Waals surface area contributed by atoms with Gasteiger partial charge in [-0.05, 0) is 30.5 Å². The molecule has 0 saturated carbocycles. The fourth-order valence-corrected chi connectivity index (χ4v) is 3.75. The SMILES string of the molecule is CCCc1ccc(S(=O)(=O)N2CC[C@@H](N)C2)cc1.Cl. The van der Waals surface area contributed by atoms with Gasteiger partial charge in [0.2, 0.25) is 10.0 Å². The molecule has 0 spiro atoms. The molecule has 1 atom stereocenters. The summed E-state index contributed by atoms with van der Waals surface area (Å²) in [6.07, 6.45) is 2.79. The van der Waals surface area contributed by atoms with Gasteiger partial charge in [-0.25, -0.2) is 8.42 Å². The molecule has 0 amide bonds. The number of hydrogen-bond donors (Lipinski definition) is 1. The van der Waals surface area contributed by atoms with Gasteiger partial charge in [0.25, 0.3) is 0 Å². The third-order valence-electron chi connectivity index (χ3n) is 3.29. The summed E-state index contributed by atoms with van der Waals surface area (Å²) in [5.41, 5.74) is 6.93. The maximum Gasteiger partial charge on any atom is 0.243 e. The van der Waals surface area contributed by atoms with Crippen molar-refractivity contribution in [2.45, 2.75) is 37.1 Å². The van der Waals surface area contributed by atoms with Crippen molar-refractivity contribution < 1.29 is 8.42 Å².